The van der Waals surface area contributed by atoms with Crippen molar-refractivity contribution in [2.75, 3.05) is 31.1 Å². The van der Waals surface area contributed by atoms with E-state index in [0.717, 1.165) is 0 Å². The van der Waals surface area contributed by atoms with Gasteiger partial charge in [-0.25, -0.2) is 0 Å². The highest BCUT2D eigenvalue weighted by Gasteiger charge is 2.43. The van der Waals surface area contributed by atoms with Gasteiger partial charge in [-0.05, 0) is 64.1 Å². The monoisotopic (exact) mass is 273 g/mol. The van der Waals surface area contributed by atoms with E-state index >= 15 is 0 Å². The Morgan fingerprint density at radius 3 is 2.15 bits per heavy atom. The summed E-state index contributed by atoms with van der Waals surface area (Å²) in [7, 11) is 0. The zero-order valence-corrected chi connectivity index (χ0v) is 13.1. The van der Waals surface area contributed by atoms with E-state index in [1.807, 2.05) is 12.4 Å². The van der Waals surface area contributed by atoms with Crippen LogP contribution in [0.1, 0.15) is 40.0 Å². The van der Waals surface area contributed by atoms with Gasteiger partial charge in [0.1, 0.15) is 0 Å². The van der Waals surface area contributed by atoms with Crippen molar-refractivity contribution in [2.45, 2.75) is 45.6 Å². The van der Waals surface area contributed by atoms with Crippen molar-refractivity contribution in [2.24, 2.45) is 5.41 Å². The highest BCUT2D eigenvalue weighted by molar-refractivity contribution is 5.45. The summed E-state index contributed by atoms with van der Waals surface area (Å²) < 4.78 is 0. The minimum absolute atomic E-state index is 0.325. The zero-order chi connectivity index (χ0) is 14.2. The molecule has 3 heteroatoms. The number of hydrogen-bond donors (Lipinski definition) is 0. The smallest absolute Gasteiger partial charge is 0.0397 e. The van der Waals surface area contributed by atoms with Crippen molar-refractivity contribution >= 4 is 5.69 Å². The highest BCUT2D eigenvalue weighted by atomic mass is 15.2. The van der Waals surface area contributed by atoms with Gasteiger partial charge in [0.15, 0.2) is 0 Å². The van der Waals surface area contributed by atoms with Gasteiger partial charge in [0.05, 0.1) is 0 Å². The molecule has 0 aromatic carbocycles. The topological polar surface area (TPSA) is 19.4 Å². The number of hydrogen-bond acceptors (Lipinski definition) is 3. The molecule has 110 valence electrons. The number of nitrogens with zero attached hydrogens (tertiary/aromatic N) is 3. The molecule has 0 saturated carbocycles. The second-order valence-electron chi connectivity index (χ2n) is 7.53. The number of rotatable bonds is 1. The Labute approximate surface area is 123 Å². The van der Waals surface area contributed by atoms with Crippen LogP contribution in [0, 0.1) is 5.41 Å². The summed E-state index contributed by atoms with van der Waals surface area (Å²) in [6.45, 7) is 12.0. The summed E-state index contributed by atoms with van der Waals surface area (Å²) in [6.07, 6.45) is 7.85. The largest absolute Gasteiger partial charge is 0.371 e. The van der Waals surface area contributed by atoms with E-state index < -0.39 is 0 Å². The molecule has 0 unspecified atom stereocenters. The van der Waals surface area contributed by atoms with Gasteiger partial charge in [-0.3, -0.25) is 9.88 Å². The Kier molecular flexibility index (Phi) is 3.49. The number of pyridine rings is 1. The molecule has 0 N–H and O–H groups in total. The maximum absolute atomic E-state index is 4.11. The van der Waals surface area contributed by atoms with Crippen molar-refractivity contribution < 1.29 is 0 Å². The first-order chi connectivity index (χ1) is 9.49. The first-order valence-electron chi connectivity index (χ1n) is 7.89. The van der Waals surface area contributed by atoms with Crippen molar-refractivity contribution in [3.8, 4) is 0 Å². The fraction of sp³-hybridized carbons (Fsp3) is 0.706. The molecule has 0 atom stereocenters. The Bertz CT molecular complexity index is 441. The Balaban J connectivity index is 1.62. The third kappa shape index (κ3) is 2.69. The minimum Gasteiger partial charge on any atom is -0.371 e. The lowest BCUT2D eigenvalue weighted by atomic mass is 9.77. The predicted molar refractivity (Wildman–Crippen MR) is 84.1 cm³/mol. The van der Waals surface area contributed by atoms with Crippen molar-refractivity contribution in [1.29, 1.82) is 0 Å². The van der Waals surface area contributed by atoms with E-state index in [9.17, 15) is 0 Å². The van der Waals surface area contributed by atoms with Gasteiger partial charge >= 0.3 is 0 Å². The summed E-state index contributed by atoms with van der Waals surface area (Å²) in [4.78, 5) is 9.31. The Morgan fingerprint density at radius 2 is 1.60 bits per heavy atom. The normalized spacial score (nSPS) is 23.4. The molecule has 3 heterocycles. The van der Waals surface area contributed by atoms with E-state index in [4.69, 9.17) is 0 Å². The third-order valence-electron chi connectivity index (χ3n) is 5.24. The van der Waals surface area contributed by atoms with Gasteiger partial charge in [0.2, 0.25) is 0 Å². The van der Waals surface area contributed by atoms with Crippen LogP contribution in [-0.4, -0.2) is 41.6 Å². The molecule has 2 saturated heterocycles. The van der Waals surface area contributed by atoms with Crippen LogP contribution in [0.4, 0.5) is 5.69 Å². The van der Waals surface area contributed by atoms with Gasteiger partial charge in [0, 0.05) is 43.3 Å². The van der Waals surface area contributed by atoms with Crippen molar-refractivity contribution in [1.82, 2.24) is 9.88 Å². The lowest BCUT2D eigenvalue weighted by molar-refractivity contribution is 0.135. The maximum Gasteiger partial charge on any atom is 0.0397 e. The minimum atomic E-state index is 0.325. The summed E-state index contributed by atoms with van der Waals surface area (Å²) in [5.41, 5.74) is 2.24. The Morgan fingerprint density at radius 1 is 1.00 bits per heavy atom. The van der Waals surface area contributed by atoms with Gasteiger partial charge in [-0.2, -0.15) is 0 Å². The first kappa shape index (κ1) is 13.9. The first-order valence-corrected chi connectivity index (χ1v) is 7.89. The molecule has 2 fully saturated rings. The van der Waals surface area contributed by atoms with Gasteiger partial charge in [-0.1, -0.05) is 0 Å². The van der Waals surface area contributed by atoms with E-state index in [1.54, 1.807) is 0 Å². The number of likely N-dealkylation sites (tertiary alicyclic amines) is 1. The maximum atomic E-state index is 4.11. The van der Waals surface area contributed by atoms with Crippen molar-refractivity contribution in [3.63, 3.8) is 0 Å². The number of piperidine rings is 1. The standard InChI is InChI=1S/C17H27N3/c1-16(2,3)20-13-8-17(14-20)6-11-19(12-7-17)15-4-9-18-10-5-15/h4-5,9-10H,6-8,11-14H2,1-3H3. The zero-order valence-electron chi connectivity index (χ0n) is 13.1. The molecule has 0 amide bonds. The average molecular weight is 273 g/mol. The molecule has 1 spiro atoms. The second kappa shape index (κ2) is 5.03. The fourth-order valence-electron chi connectivity index (χ4n) is 3.71. The van der Waals surface area contributed by atoms with Crippen LogP contribution >= 0.6 is 0 Å². The highest BCUT2D eigenvalue weighted by Crippen LogP contribution is 2.43. The molecule has 20 heavy (non-hydrogen) atoms. The lowest BCUT2D eigenvalue weighted by Gasteiger charge is -2.41. The lowest BCUT2D eigenvalue weighted by Crippen LogP contribution is -2.45. The average Bonchev–Trinajstić information content (AvgIpc) is 2.85. The number of aromatic nitrogens is 1. The predicted octanol–water partition coefficient (Wildman–Crippen LogP) is 3.17. The molecule has 2 aliphatic rings. The van der Waals surface area contributed by atoms with Crippen LogP contribution in [0.25, 0.3) is 0 Å². The SMILES string of the molecule is CC(C)(C)N1CCC2(CCN(c3ccncc3)CC2)C1. The van der Waals surface area contributed by atoms with Gasteiger partial charge < -0.3 is 4.90 Å². The van der Waals surface area contributed by atoms with E-state index in [1.165, 1.54) is 51.1 Å². The summed E-state index contributed by atoms with van der Waals surface area (Å²) in [5, 5.41) is 0. The molecule has 3 nitrogen and oxygen atoms in total. The second-order valence-corrected chi connectivity index (χ2v) is 7.53. The number of anilines is 1. The van der Waals surface area contributed by atoms with Crippen LogP contribution in [-0.2, 0) is 0 Å². The van der Waals surface area contributed by atoms with Crippen LogP contribution in [0.15, 0.2) is 24.5 Å². The van der Waals surface area contributed by atoms with Crippen molar-refractivity contribution in [3.05, 3.63) is 24.5 Å². The van der Waals surface area contributed by atoms with Crippen LogP contribution < -0.4 is 4.90 Å². The quantitative estimate of drug-likeness (QED) is 0.783. The molecule has 2 aliphatic heterocycles. The molecular weight excluding hydrogens is 246 g/mol. The molecule has 1 aromatic rings. The molecule has 3 rings (SSSR count). The summed E-state index contributed by atoms with van der Waals surface area (Å²) in [5.74, 6) is 0. The molecule has 0 aliphatic carbocycles. The summed E-state index contributed by atoms with van der Waals surface area (Å²) >= 11 is 0. The van der Waals surface area contributed by atoms with E-state index in [-0.39, 0.29) is 0 Å². The summed E-state index contributed by atoms with van der Waals surface area (Å²) in [6, 6.07) is 4.27. The Hall–Kier alpha value is -1.09. The molecule has 0 radical (unpaired) electrons. The van der Waals surface area contributed by atoms with Gasteiger partial charge in [-0.15, -0.1) is 0 Å². The van der Waals surface area contributed by atoms with Crippen LogP contribution in [0.2, 0.25) is 0 Å². The molecular formula is C17H27N3. The van der Waals surface area contributed by atoms with E-state index in [0.29, 0.717) is 11.0 Å². The van der Waals surface area contributed by atoms with Crippen LogP contribution in [0.3, 0.4) is 0 Å². The van der Waals surface area contributed by atoms with Gasteiger partial charge in [0.25, 0.3) is 0 Å². The molecule has 1 aromatic heterocycles. The third-order valence-corrected chi connectivity index (χ3v) is 5.24. The van der Waals surface area contributed by atoms with Crippen LogP contribution in [0.5, 0.6) is 0 Å². The fourth-order valence-corrected chi connectivity index (χ4v) is 3.71. The van der Waals surface area contributed by atoms with E-state index in [2.05, 4.69) is 47.7 Å². The molecule has 0 bridgehead atoms.